The number of carbonyl (C=O) groups is 2. The number of anilines is 1. The van der Waals surface area contributed by atoms with E-state index in [-0.39, 0.29) is 18.3 Å². The lowest BCUT2D eigenvalue weighted by atomic mass is 10.1. The monoisotopic (exact) mass is 290 g/mol. The Bertz CT molecular complexity index is 499. The highest BCUT2D eigenvalue weighted by atomic mass is 16.3. The van der Waals surface area contributed by atoms with Gasteiger partial charge in [0.05, 0.1) is 6.54 Å². The minimum atomic E-state index is -0.0461. The zero-order chi connectivity index (χ0) is 15.2. The van der Waals surface area contributed by atoms with Crippen LogP contribution in [0.25, 0.3) is 0 Å². The quantitative estimate of drug-likeness (QED) is 0.780. The molecule has 0 spiro atoms. The molecule has 0 aromatic heterocycles. The third kappa shape index (κ3) is 4.65. The predicted molar refractivity (Wildman–Crippen MR) is 81.3 cm³/mol. The van der Waals surface area contributed by atoms with Crippen LogP contribution in [0.2, 0.25) is 0 Å². The van der Waals surface area contributed by atoms with E-state index >= 15 is 0 Å². The second kappa shape index (κ2) is 7.33. The van der Waals surface area contributed by atoms with Crippen LogP contribution < -0.4 is 5.32 Å². The average molecular weight is 290 g/mol. The van der Waals surface area contributed by atoms with Crippen LogP contribution in [0, 0.1) is 5.92 Å². The van der Waals surface area contributed by atoms with Gasteiger partial charge in [-0.1, -0.05) is 0 Å². The Hall–Kier alpha value is -1.72. The molecule has 21 heavy (non-hydrogen) atoms. The molecular weight excluding hydrogens is 268 g/mol. The summed E-state index contributed by atoms with van der Waals surface area (Å²) in [6.45, 7) is 3.88. The molecule has 0 bridgehead atoms. The van der Waals surface area contributed by atoms with E-state index in [4.69, 9.17) is 5.11 Å². The van der Waals surface area contributed by atoms with E-state index in [2.05, 4.69) is 10.2 Å². The molecule has 1 aliphatic heterocycles. The van der Waals surface area contributed by atoms with Crippen LogP contribution in [0.5, 0.6) is 0 Å². The maximum atomic E-state index is 12.0. The summed E-state index contributed by atoms with van der Waals surface area (Å²) in [5.74, 6) is 0.466. The van der Waals surface area contributed by atoms with Gasteiger partial charge in [0.25, 0.3) is 0 Å². The van der Waals surface area contributed by atoms with Gasteiger partial charge in [-0.15, -0.1) is 0 Å². The number of likely N-dealkylation sites (tertiary alicyclic amines) is 1. The summed E-state index contributed by atoms with van der Waals surface area (Å²) >= 11 is 0. The summed E-state index contributed by atoms with van der Waals surface area (Å²) in [6.07, 6.45) is 1.85. The number of Topliss-reactive ketones (excluding diaryl/α,β-unsaturated/α-hetero) is 1. The third-order valence-corrected chi connectivity index (χ3v) is 3.85. The molecule has 1 aliphatic rings. The lowest BCUT2D eigenvalue weighted by molar-refractivity contribution is -0.117. The lowest BCUT2D eigenvalue weighted by Gasteiger charge is -2.15. The number of nitrogens with zero attached hydrogens (tertiary/aromatic N) is 1. The summed E-state index contributed by atoms with van der Waals surface area (Å²) in [4.78, 5) is 25.3. The Kier molecular flexibility index (Phi) is 5.47. The number of ketones is 1. The molecule has 2 N–H and O–H groups in total. The van der Waals surface area contributed by atoms with Crippen LogP contribution in [-0.2, 0) is 4.79 Å². The van der Waals surface area contributed by atoms with Crippen LogP contribution in [-0.4, -0.2) is 47.9 Å². The fraction of sp³-hybridized carbons (Fsp3) is 0.500. The highest BCUT2D eigenvalue weighted by Gasteiger charge is 2.23. The molecule has 1 aromatic carbocycles. The normalized spacial score (nSPS) is 18.7. The first-order chi connectivity index (χ1) is 10.1. The van der Waals surface area contributed by atoms with E-state index in [1.165, 1.54) is 6.92 Å². The lowest BCUT2D eigenvalue weighted by Crippen LogP contribution is -2.31. The van der Waals surface area contributed by atoms with Crippen LogP contribution in [0.1, 0.15) is 30.1 Å². The van der Waals surface area contributed by atoms with Gasteiger partial charge in [-0.05, 0) is 56.5 Å². The minimum absolute atomic E-state index is 0.0138. The molecule has 0 aliphatic carbocycles. The van der Waals surface area contributed by atoms with Gasteiger partial charge in [0.1, 0.15) is 0 Å². The zero-order valence-electron chi connectivity index (χ0n) is 12.3. The average Bonchev–Trinajstić information content (AvgIpc) is 2.87. The van der Waals surface area contributed by atoms with Crippen molar-refractivity contribution in [3.8, 4) is 0 Å². The summed E-state index contributed by atoms with van der Waals surface area (Å²) in [7, 11) is 0. The molecule has 114 valence electrons. The van der Waals surface area contributed by atoms with E-state index < -0.39 is 0 Å². The first kappa shape index (κ1) is 15.7. The van der Waals surface area contributed by atoms with Gasteiger partial charge >= 0.3 is 0 Å². The van der Waals surface area contributed by atoms with Crippen molar-refractivity contribution < 1.29 is 14.7 Å². The van der Waals surface area contributed by atoms with Gasteiger partial charge in [0.15, 0.2) is 5.78 Å². The van der Waals surface area contributed by atoms with Crippen molar-refractivity contribution in [1.82, 2.24) is 4.90 Å². The molecule has 0 radical (unpaired) electrons. The van der Waals surface area contributed by atoms with Crippen molar-refractivity contribution in [2.24, 2.45) is 5.92 Å². The molecule has 0 saturated carbocycles. The Morgan fingerprint density at radius 3 is 2.67 bits per heavy atom. The van der Waals surface area contributed by atoms with Gasteiger partial charge in [0.2, 0.25) is 5.91 Å². The van der Waals surface area contributed by atoms with E-state index in [0.29, 0.717) is 23.7 Å². The molecule has 1 atom stereocenters. The SMILES string of the molecule is CC(=O)c1ccc(NC(=O)CN2CCC(CCO)C2)cc1. The molecule has 5 nitrogen and oxygen atoms in total. The highest BCUT2D eigenvalue weighted by Crippen LogP contribution is 2.19. The number of nitrogens with one attached hydrogen (secondary N) is 1. The van der Waals surface area contributed by atoms with Gasteiger partial charge in [-0.3, -0.25) is 14.5 Å². The first-order valence-corrected chi connectivity index (χ1v) is 7.32. The predicted octanol–water partition coefficient (Wildman–Crippen LogP) is 1.53. The maximum Gasteiger partial charge on any atom is 0.238 e. The Labute approximate surface area is 125 Å². The second-order valence-electron chi connectivity index (χ2n) is 5.58. The molecule has 1 saturated heterocycles. The van der Waals surface area contributed by atoms with E-state index in [1.807, 2.05) is 0 Å². The van der Waals surface area contributed by atoms with Crippen molar-refractivity contribution in [1.29, 1.82) is 0 Å². The molecule has 1 aromatic rings. The first-order valence-electron chi connectivity index (χ1n) is 7.32. The molecule has 5 heteroatoms. The number of aliphatic hydroxyl groups is 1. The third-order valence-electron chi connectivity index (χ3n) is 3.85. The van der Waals surface area contributed by atoms with Crippen LogP contribution >= 0.6 is 0 Å². The van der Waals surface area contributed by atoms with E-state index in [0.717, 1.165) is 25.9 Å². The van der Waals surface area contributed by atoms with Crippen molar-refractivity contribution in [2.45, 2.75) is 19.8 Å². The minimum Gasteiger partial charge on any atom is -0.396 e. The Morgan fingerprint density at radius 2 is 2.05 bits per heavy atom. The fourth-order valence-corrected chi connectivity index (χ4v) is 2.67. The topological polar surface area (TPSA) is 69.6 Å². The Morgan fingerprint density at radius 1 is 1.33 bits per heavy atom. The zero-order valence-corrected chi connectivity index (χ0v) is 12.3. The molecule has 1 fully saturated rings. The van der Waals surface area contributed by atoms with E-state index in [9.17, 15) is 9.59 Å². The fourth-order valence-electron chi connectivity index (χ4n) is 2.67. The van der Waals surface area contributed by atoms with Crippen molar-refractivity contribution in [3.63, 3.8) is 0 Å². The smallest absolute Gasteiger partial charge is 0.238 e. The summed E-state index contributed by atoms with van der Waals surface area (Å²) < 4.78 is 0. The molecule has 1 amide bonds. The molecule has 2 rings (SSSR count). The Balaban J connectivity index is 1.80. The summed E-state index contributed by atoms with van der Waals surface area (Å²) in [5, 5.41) is 11.8. The summed E-state index contributed by atoms with van der Waals surface area (Å²) in [5.41, 5.74) is 1.34. The van der Waals surface area contributed by atoms with Gasteiger partial charge in [-0.2, -0.15) is 0 Å². The van der Waals surface area contributed by atoms with Gasteiger partial charge in [-0.25, -0.2) is 0 Å². The number of amides is 1. The standard InChI is InChI=1S/C16H22N2O3/c1-12(20)14-2-4-15(5-3-14)17-16(21)11-18-8-6-13(10-18)7-9-19/h2-5,13,19H,6-11H2,1H3,(H,17,21). The van der Waals surface area contributed by atoms with Crippen LogP contribution in [0.3, 0.4) is 0 Å². The van der Waals surface area contributed by atoms with Crippen molar-refractivity contribution >= 4 is 17.4 Å². The molecule has 1 heterocycles. The van der Waals surface area contributed by atoms with Gasteiger partial charge < -0.3 is 10.4 Å². The molecule has 1 unspecified atom stereocenters. The summed E-state index contributed by atoms with van der Waals surface area (Å²) in [6, 6.07) is 6.91. The van der Waals surface area contributed by atoms with Crippen LogP contribution in [0.15, 0.2) is 24.3 Å². The maximum absolute atomic E-state index is 12.0. The van der Waals surface area contributed by atoms with Gasteiger partial charge in [0, 0.05) is 24.4 Å². The number of carbonyl (C=O) groups excluding carboxylic acids is 2. The van der Waals surface area contributed by atoms with E-state index in [1.54, 1.807) is 24.3 Å². The number of rotatable bonds is 6. The molecular formula is C16H22N2O3. The number of aliphatic hydroxyl groups excluding tert-OH is 1. The van der Waals surface area contributed by atoms with Crippen LogP contribution in [0.4, 0.5) is 5.69 Å². The largest absolute Gasteiger partial charge is 0.396 e. The van der Waals surface area contributed by atoms with Crippen molar-refractivity contribution in [2.75, 3.05) is 31.6 Å². The number of benzene rings is 1. The number of hydrogen-bond acceptors (Lipinski definition) is 4. The highest BCUT2D eigenvalue weighted by molar-refractivity contribution is 5.96. The van der Waals surface area contributed by atoms with Crippen molar-refractivity contribution in [3.05, 3.63) is 29.8 Å². The number of hydrogen-bond donors (Lipinski definition) is 2. The second-order valence-corrected chi connectivity index (χ2v) is 5.58.